The zero-order valence-electron chi connectivity index (χ0n) is 13.6. The molecular formula is C18H20ClNO4. The summed E-state index contributed by atoms with van der Waals surface area (Å²) in [5.41, 5.74) is 0. The molecule has 0 aromatic heterocycles. The lowest BCUT2D eigenvalue weighted by Gasteiger charge is -2.16. The third-order valence-electron chi connectivity index (χ3n) is 3.23. The summed E-state index contributed by atoms with van der Waals surface area (Å²) in [7, 11) is 1.56. The minimum absolute atomic E-state index is 0.222. The number of rotatable bonds is 8. The first-order valence-corrected chi connectivity index (χ1v) is 7.93. The molecule has 1 amide bonds. The van der Waals surface area contributed by atoms with E-state index < -0.39 is 6.10 Å². The van der Waals surface area contributed by atoms with Crippen LogP contribution < -0.4 is 19.5 Å². The molecule has 0 bridgehead atoms. The van der Waals surface area contributed by atoms with Crippen LogP contribution in [0.15, 0.2) is 48.5 Å². The molecule has 2 rings (SSSR count). The van der Waals surface area contributed by atoms with E-state index in [-0.39, 0.29) is 5.91 Å². The number of hydrogen-bond donors (Lipinski definition) is 1. The van der Waals surface area contributed by atoms with Crippen molar-refractivity contribution in [1.82, 2.24) is 5.32 Å². The number of ether oxygens (including phenoxy) is 3. The first-order chi connectivity index (χ1) is 11.6. The van der Waals surface area contributed by atoms with Crippen LogP contribution in [0.3, 0.4) is 0 Å². The highest BCUT2D eigenvalue weighted by Crippen LogP contribution is 2.26. The molecule has 0 saturated heterocycles. The largest absolute Gasteiger partial charge is 0.493 e. The summed E-state index contributed by atoms with van der Waals surface area (Å²) in [5.74, 6) is 1.59. The van der Waals surface area contributed by atoms with Gasteiger partial charge in [0.2, 0.25) is 0 Å². The smallest absolute Gasteiger partial charge is 0.260 e. The second-order valence-corrected chi connectivity index (χ2v) is 5.44. The predicted molar refractivity (Wildman–Crippen MR) is 93.0 cm³/mol. The molecule has 2 aromatic rings. The minimum Gasteiger partial charge on any atom is -0.493 e. The van der Waals surface area contributed by atoms with Gasteiger partial charge in [0, 0.05) is 5.02 Å². The highest BCUT2D eigenvalue weighted by Gasteiger charge is 2.16. The van der Waals surface area contributed by atoms with Crippen LogP contribution in [0.25, 0.3) is 0 Å². The van der Waals surface area contributed by atoms with Crippen LogP contribution >= 0.6 is 11.6 Å². The molecule has 1 N–H and O–H groups in total. The molecular weight excluding hydrogens is 330 g/mol. The Morgan fingerprint density at radius 1 is 1.12 bits per heavy atom. The number of methoxy groups -OCH3 is 1. The van der Waals surface area contributed by atoms with Gasteiger partial charge in [-0.15, -0.1) is 0 Å². The third-order valence-corrected chi connectivity index (χ3v) is 3.48. The number of nitrogens with one attached hydrogen (secondary N) is 1. The van der Waals surface area contributed by atoms with Gasteiger partial charge in [0.1, 0.15) is 12.4 Å². The maximum atomic E-state index is 12.1. The summed E-state index contributed by atoms with van der Waals surface area (Å²) in [6, 6.07) is 14.2. The van der Waals surface area contributed by atoms with Gasteiger partial charge < -0.3 is 19.5 Å². The first kappa shape index (κ1) is 17.9. The topological polar surface area (TPSA) is 56.8 Å². The van der Waals surface area contributed by atoms with E-state index in [1.165, 1.54) is 0 Å². The highest BCUT2D eigenvalue weighted by molar-refractivity contribution is 6.30. The van der Waals surface area contributed by atoms with Gasteiger partial charge in [0.25, 0.3) is 5.91 Å². The fourth-order valence-electron chi connectivity index (χ4n) is 1.98. The Morgan fingerprint density at radius 2 is 1.79 bits per heavy atom. The second-order valence-electron chi connectivity index (χ2n) is 5.00. The molecule has 0 spiro atoms. The van der Waals surface area contributed by atoms with Crippen LogP contribution in [0.2, 0.25) is 5.02 Å². The molecule has 0 aliphatic heterocycles. The van der Waals surface area contributed by atoms with Crippen molar-refractivity contribution in [3.05, 3.63) is 53.6 Å². The quantitative estimate of drug-likeness (QED) is 0.743. The third kappa shape index (κ3) is 5.35. The summed E-state index contributed by atoms with van der Waals surface area (Å²) < 4.78 is 16.3. The van der Waals surface area contributed by atoms with E-state index in [1.54, 1.807) is 50.4 Å². The SMILES string of the molecule is COc1ccccc1O[C@H](C)C(=O)NCCOc1ccc(Cl)cc1. The number of hydrogen-bond acceptors (Lipinski definition) is 4. The average molecular weight is 350 g/mol. The Labute approximate surface area is 146 Å². The van der Waals surface area contributed by atoms with Gasteiger partial charge in [-0.2, -0.15) is 0 Å². The Balaban J connectivity index is 1.74. The Kier molecular flexibility index (Phi) is 6.75. The maximum absolute atomic E-state index is 12.1. The molecule has 0 aliphatic rings. The molecule has 2 aromatic carbocycles. The van der Waals surface area contributed by atoms with E-state index in [2.05, 4.69) is 5.32 Å². The van der Waals surface area contributed by atoms with Crippen molar-refractivity contribution in [2.75, 3.05) is 20.3 Å². The van der Waals surface area contributed by atoms with E-state index in [9.17, 15) is 4.79 Å². The fraction of sp³-hybridized carbons (Fsp3) is 0.278. The lowest BCUT2D eigenvalue weighted by Crippen LogP contribution is -2.38. The molecule has 128 valence electrons. The van der Waals surface area contributed by atoms with Crippen molar-refractivity contribution in [2.24, 2.45) is 0 Å². The number of para-hydroxylation sites is 2. The van der Waals surface area contributed by atoms with Crippen LogP contribution in [-0.2, 0) is 4.79 Å². The highest BCUT2D eigenvalue weighted by atomic mass is 35.5. The van der Waals surface area contributed by atoms with Crippen LogP contribution in [0.5, 0.6) is 17.2 Å². The molecule has 0 heterocycles. The number of carbonyl (C=O) groups is 1. The summed E-state index contributed by atoms with van der Waals surface area (Å²) in [6.45, 7) is 2.41. The van der Waals surface area contributed by atoms with Gasteiger partial charge in [-0.25, -0.2) is 0 Å². The van der Waals surface area contributed by atoms with Crippen molar-refractivity contribution in [1.29, 1.82) is 0 Å². The van der Waals surface area contributed by atoms with E-state index >= 15 is 0 Å². The first-order valence-electron chi connectivity index (χ1n) is 7.56. The average Bonchev–Trinajstić information content (AvgIpc) is 2.60. The molecule has 0 aliphatic carbocycles. The van der Waals surface area contributed by atoms with Crippen LogP contribution in [0, 0.1) is 0 Å². The lowest BCUT2D eigenvalue weighted by atomic mass is 10.3. The van der Waals surface area contributed by atoms with Gasteiger partial charge in [0.15, 0.2) is 17.6 Å². The number of halogens is 1. The summed E-state index contributed by atoms with van der Waals surface area (Å²) in [6.07, 6.45) is -0.642. The molecule has 0 fully saturated rings. The zero-order chi connectivity index (χ0) is 17.4. The molecule has 1 atom stereocenters. The molecule has 5 nitrogen and oxygen atoms in total. The molecule has 24 heavy (non-hydrogen) atoms. The summed E-state index contributed by atoms with van der Waals surface area (Å²) >= 11 is 5.80. The predicted octanol–water partition coefficient (Wildman–Crippen LogP) is 3.31. The molecule has 0 radical (unpaired) electrons. The Morgan fingerprint density at radius 3 is 2.46 bits per heavy atom. The minimum atomic E-state index is -0.642. The van der Waals surface area contributed by atoms with E-state index in [0.717, 1.165) is 0 Å². The maximum Gasteiger partial charge on any atom is 0.260 e. The van der Waals surface area contributed by atoms with Gasteiger partial charge in [-0.1, -0.05) is 23.7 Å². The van der Waals surface area contributed by atoms with E-state index in [0.29, 0.717) is 35.4 Å². The number of amides is 1. The molecule has 6 heteroatoms. The monoisotopic (exact) mass is 349 g/mol. The van der Waals surface area contributed by atoms with Crippen LogP contribution in [0.1, 0.15) is 6.92 Å². The standard InChI is InChI=1S/C18H20ClNO4/c1-13(24-17-6-4-3-5-16(17)22-2)18(21)20-11-12-23-15-9-7-14(19)8-10-15/h3-10,13H,11-12H2,1-2H3,(H,20,21)/t13-/m1/s1. The van der Waals surface area contributed by atoms with E-state index in [1.807, 2.05) is 12.1 Å². The zero-order valence-corrected chi connectivity index (χ0v) is 14.4. The van der Waals surface area contributed by atoms with Crippen LogP contribution in [0.4, 0.5) is 0 Å². The Hall–Kier alpha value is -2.40. The van der Waals surface area contributed by atoms with Crippen molar-refractivity contribution in [3.63, 3.8) is 0 Å². The normalized spacial score (nSPS) is 11.5. The lowest BCUT2D eigenvalue weighted by molar-refractivity contribution is -0.127. The molecule has 0 saturated carbocycles. The van der Waals surface area contributed by atoms with Gasteiger partial charge in [-0.3, -0.25) is 4.79 Å². The molecule has 0 unspecified atom stereocenters. The van der Waals surface area contributed by atoms with Crippen LogP contribution in [-0.4, -0.2) is 32.3 Å². The van der Waals surface area contributed by atoms with Gasteiger partial charge in [-0.05, 0) is 43.3 Å². The van der Waals surface area contributed by atoms with Gasteiger partial charge >= 0.3 is 0 Å². The van der Waals surface area contributed by atoms with Gasteiger partial charge in [0.05, 0.1) is 13.7 Å². The number of carbonyl (C=O) groups excluding carboxylic acids is 1. The van der Waals surface area contributed by atoms with Crippen molar-refractivity contribution >= 4 is 17.5 Å². The second kappa shape index (κ2) is 9.03. The van der Waals surface area contributed by atoms with Crippen molar-refractivity contribution < 1.29 is 19.0 Å². The summed E-state index contributed by atoms with van der Waals surface area (Å²) in [4.78, 5) is 12.1. The fourth-order valence-corrected chi connectivity index (χ4v) is 2.10. The van der Waals surface area contributed by atoms with E-state index in [4.69, 9.17) is 25.8 Å². The summed E-state index contributed by atoms with van der Waals surface area (Å²) in [5, 5.41) is 3.42. The van der Waals surface area contributed by atoms with Crippen molar-refractivity contribution in [2.45, 2.75) is 13.0 Å². The van der Waals surface area contributed by atoms with Crippen molar-refractivity contribution in [3.8, 4) is 17.2 Å². The Bertz CT molecular complexity index is 660. The number of benzene rings is 2.